The van der Waals surface area contributed by atoms with Gasteiger partial charge in [-0.15, -0.1) is 11.3 Å². The molecule has 6 nitrogen and oxygen atoms in total. The Bertz CT molecular complexity index is 490. The van der Waals surface area contributed by atoms with Crippen LogP contribution in [-0.2, 0) is 14.3 Å². The number of hydrogen-bond donors (Lipinski definition) is 2. The third-order valence-electron chi connectivity index (χ3n) is 4.33. The minimum atomic E-state index is -0.548. The van der Waals surface area contributed by atoms with E-state index in [0.29, 0.717) is 45.8 Å². The summed E-state index contributed by atoms with van der Waals surface area (Å²) < 4.78 is 10.9. The van der Waals surface area contributed by atoms with E-state index in [4.69, 9.17) is 9.47 Å². The smallest absolute Gasteiger partial charge is 0.224 e. The quantitative estimate of drug-likeness (QED) is 0.829. The largest absolute Gasteiger partial charge is 0.387 e. The number of rotatable bonds is 5. The van der Waals surface area contributed by atoms with Gasteiger partial charge in [0.25, 0.3) is 0 Å². The van der Waals surface area contributed by atoms with Gasteiger partial charge in [-0.25, -0.2) is 0 Å². The number of hydrogen-bond acceptors (Lipinski definition) is 6. The molecule has 3 rings (SSSR count). The van der Waals surface area contributed by atoms with E-state index >= 15 is 0 Å². The molecule has 1 aromatic rings. The Morgan fingerprint density at radius 3 is 3.04 bits per heavy atom. The molecule has 0 bridgehead atoms. The number of amides is 1. The van der Waals surface area contributed by atoms with Gasteiger partial charge in [-0.3, -0.25) is 4.79 Å². The van der Waals surface area contributed by atoms with E-state index in [1.165, 1.54) is 11.3 Å². The molecular weight excluding hydrogens is 316 g/mol. The molecule has 3 heterocycles. The highest BCUT2D eigenvalue weighted by molar-refractivity contribution is 7.10. The van der Waals surface area contributed by atoms with Crippen LogP contribution in [0.2, 0.25) is 0 Å². The molecule has 2 fully saturated rings. The number of nitrogens with zero attached hydrogens (tertiary/aromatic N) is 1. The lowest BCUT2D eigenvalue weighted by molar-refractivity contribution is -0.142. The van der Waals surface area contributed by atoms with Gasteiger partial charge >= 0.3 is 0 Å². The van der Waals surface area contributed by atoms with Crippen LogP contribution < -0.4 is 5.32 Å². The molecule has 1 amide bonds. The maximum atomic E-state index is 12.6. The summed E-state index contributed by atoms with van der Waals surface area (Å²) >= 11 is 1.54. The summed E-state index contributed by atoms with van der Waals surface area (Å²) in [5.74, 6) is 0.111. The van der Waals surface area contributed by atoms with Crippen LogP contribution in [-0.4, -0.2) is 67.5 Å². The second-order valence-electron chi connectivity index (χ2n) is 6.01. The van der Waals surface area contributed by atoms with Crippen molar-refractivity contribution >= 4 is 17.2 Å². The van der Waals surface area contributed by atoms with Gasteiger partial charge in [0, 0.05) is 36.9 Å². The van der Waals surface area contributed by atoms with Crippen molar-refractivity contribution in [1.29, 1.82) is 0 Å². The maximum Gasteiger partial charge on any atom is 0.224 e. The molecule has 2 N–H and O–H groups in total. The first-order valence-electron chi connectivity index (χ1n) is 8.14. The zero-order chi connectivity index (χ0) is 16.1. The summed E-state index contributed by atoms with van der Waals surface area (Å²) in [5.41, 5.74) is 0. The third kappa shape index (κ3) is 4.51. The summed E-state index contributed by atoms with van der Waals surface area (Å²) in [6, 6.07) is 3.87. The van der Waals surface area contributed by atoms with E-state index in [0.717, 1.165) is 11.4 Å². The molecule has 2 saturated heterocycles. The summed E-state index contributed by atoms with van der Waals surface area (Å²) in [4.78, 5) is 15.4. The number of morpholine rings is 2. The minimum absolute atomic E-state index is 0.0714. The normalized spacial score (nSPS) is 26.9. The average molecular weight is 340 g/mol. The van der Waals surface area contributed by atoms with E-state index in [1.54, 1.807) is 0 Å². The van der Waals surface area contributed by atoms with Crippen LogP contribution in [0.5, 0.6) is 0 Å². The Labute approximate surface area is 140 Å². The van der Waals surface area contributed by atoms with Crippen molar-refractivity contribution in [2.75, 3.05) is 39.5 Å². The van der Waals surface area contributed by atoms with Crippen molar-refractivity contribution < 1.29 is 19.4 Å². The molecular formula is C16H24N2O4S. The van der Waals surface area contributed by atoms with Crippen molar-refractivity contribution in [3.05, 3.63) is 22.4 Å². The van der Waals surface area contributed by atoms with E-state index in [9.17, 15) is 9.90 Å². The fourth-order valence-corrected chi connectivity index (χ4v) is 3.84. The second kappa shape index (κ2) is 8.21. The predicted molar refractivity (Wildman–Crippen MR) is 87.4 cm³/mol. The van der Waals surface area contributed by atoms with Crippen molar-refractivity contribution in [2.24, 2.45) is 0 Å². The number of carbonyl (C=O) groups is 1. The van der Waals surface area contributed by atoms with Gasteiger partial charge in [-0.05, 0) is 11.4 Å². The van der Waals surface area contributed by atoms with Crippen LogP contribution in [0.4, 0.5) is 0 Å². The third-order valence-corrected chi connectivity index (χ3v) is 5.31. The fraction of sp³-hybridized carbons (Fsp3) is 0.688. The molecule has 0 saturated carbocycles. The highest BCUT2D eigenvalue weighted by Crippen LogP contribution is 2.26. The molecule has 0 aromatic carbocycles. The molecule has 3 unspecified atom stereocenters. The van der Waals surface area contributed by atoms with Gasteiger partial charge in [-0.1, -0.05) is 6.07 Å². The van der Waals surface area contributed by atoms with Gasteiger partial charge in [0.15, 0.2) is 0 Å². The molecule has 23 heavy (non-hydrogen) atoms. The predicted octanol–water partition coefficient (Wildman–Crippen LogP) is 0.778. The van der Waals surface area contributed by atoms with Gasteiger partial charge < -0.3 is 24.8 Å². The van der Waals surface area contributed by atoms with E-state index in [-0.39, 0.29) is 18.0 Å². The number of ether oxygens (including phenoxy) is 2. The Hall–Kier alpha value is -0.990. The lowest BCUT2D eigenvalue weighted by atomic mass is 10.0. The van der Waals surface area contributed by atoms with Crippen LogP contribution in [0.25, 0.3) is 0 Å². The summed E-state index contributed by atoms with van der Waals surface area (Å²) in [5, 5.41) is 15.6. The SMILES string of the molecule is O=C(CC1COCCN1)N1CCOCC1CC(O)c1cccs1. The Balaban J connectivity index is 1.57. The first-order chi connectivity index (χ1) is 11.2. The fourth-order valence-electron chi connectivity index (χ4n) is 3.11. The molecule has 2 aliphatic rings. The summed E-state index contributed by atoms with van der Waals surface area (Å²) in [7, 11) is 0. The van der Waals surface area contributed by atoms with Gasteiger partial charge in [0.05, 0.1) is 38.6 Å². The number of aliphatic hydroxyl groups is 1. The summed E-state index contributed by atoms with van der Waals surface area (Å²) in [6.07, 6.45) is 0.403. The van der Waals surface area contributed by atoms with Crippen molar-refractivity contribution in [3.63, 3.8) is 0 Å². The lowest BCUT2D eigenvalue weighted by Gasteiger charge is -2.37. The molecule has 7 heteroatoms. The van der Waals surface area contributed by atoms with Crippen LogP contribution in [0.1, 0.15) is 23.8 Å². The number of aliphatic hydroxyl groups excluding tert-OH is 1. The van der Waals surface area contributed by atoms with Gasteiger partial charge in [0.2, 0.25) is 5.91 Å². The number of thiophene rings is 1. The number of carbonyl (C=O) groups excluding carboxylic acids is 1. The molecule has 3 atom stereocenters. The molecule has 0 spiro atoms. The van der Waals surface area contributed by atoms with Crippen LogP contribution in [0.3, 0.4) is 0 Å². The zero-order valence-electron chi connectivity index (χ0n) is 13.1. The second-order valence-corrected chi connectivity index (χ2v) is 6.99. The first-order valence-corrected chi connectivity index (χ1v) is 9.02. The van der Waals surface area contributed by atoms with Crippen LogP contribution >= 0.6 is 11.3 Å². The van der Waals surface area contributed by atoms with E-state index < -0.39 is 6.10 Å². The van der Waals surface area contributed by atoms with Crippen molar-refractivity contribution in [3.8, 4) is 0 Å². The Morgan fingerprint density at radius 1 is 1.43 bits per heavy atom. The Morgan fingerprint density at radius 2 is 2.30 bits per heavy atom. The summed E-state index contributed by atoms with van der Waals surface area (Å²) in [6.45, 7) is 3.72. The minimum Gasteiger partial charge on any atom is -0.387 e. The Kier molecular flexibility index (Phi) is 6.02. The van der Waals surface area contributed by atoms with Gasteiger partial charge in [0.1, 0.15) is 0 Å². The van der Waals surface area contributed by atoms with E-state index in [2.05, 4.69) is 5.32 Å². The molecule has 128 valence electrons. The molecule has 2 aliphatic heterocycles. The number of nitrogens with one attached hydrogen (secondary N) is 1. The maximum absolute atomic E-state index is 12.6. The highest BCUT2D eigenvalue weighted by Gasteiger charge is 2.31. The molecule has 0 aliphatic carbocycles. The standard InChI is InChI=1S/C16H24N2O4S/c19-14(15-2-1-7-23-15)9-13-11-22-6-4-18(13)16(20)8-12-10-21-5-3-17-12/h1-2,7,12-14,17,19H,3-6,8-11H2. The average Bonchev–Trinajstić information content (AvgIpc) is 3.11. The molecule has 0 radical (unpaired) electrons. The van der Waals surface area contributed by atoms with Crippen LogP contribution in [0, 0.1) is 0 Å². The molecule has 1 aromatic heterocycles. The first kappa shape index (κ1) is 16.9. The highest BCUT2D eigenvalue weighted by atomic mass is 32.1. The topological polar surface area (TPSA) is 71.0 Å². The monoisotopic (exact) mass is 340 g/mol. The van der Waals surface area contributed by atoms with Gasteiger partial charge in [-0.2, -0.15) is 0 Å². The zero-order valence-corrected chi connectivity index (χ0v) is 14.0. The lowest BCUT2D eigenvalue weighted by Crippen LogP contribution is -2.52. The van der Waals surface area contributed by atoms with Crippen LogP contribution in [0.15, 0.2) is 17.5 Å². The van der Waals surface area contributed by atoms with E-state index in [1.807, 2.05) is 22.4 Å². The van der Waals surface area contributed by atoms with Crippen molar-refractivity contribution in [2.45, 2.75) is 31.0 Å². The van der Waals surface area contributed by atoms with Crippen molar-refractivity contribution in [1.82, 2.24) is 10.2 Å².